The lowest BCUT2D eigenvalue weighted by atomic mass is 9.95. The summed E-state index contributed by atoms with van der Waals surface area (Å²) in [7, 11) is 0. The number of hydrogen-bond donors (Lipinski definition) is 2. The first-order chi connectivity index (χ1) is 10.1. The third kappa shape index (κ3) is 6.78. The van der Waals surface area contributed by atoms with Gasteiger partial charge in [0, 0.05) is 22.4 Å². The van der Waals surface area contributed by atoms with E-state index in [4.69, 9.17) is 11.6 Å². The smallest absolute Gasteiger partial charge is 0.220 e. The highest BCUT2D eigenvalue weighted by molar-refractivity contribution is 7.99. The number of nitrogens with one attached hydrogen (secondary N) is 2. The van der Waals surface area contributed by atoms with Gasteiger partial charge in [0.25, 0.3) is 0 Å². The third-order valence-corrected chi connectivity index (χ3v) is 5.11. The van der Waals surface area contributed by atoms with E-state index < -0.39 is 0 Å². The molecule has 1 amide bonds. The van der Waals surface area contributed by atoms with E-state index in [0.29, 0.717) is 18.4 Å². The molecule has 0 aliphatic carbocycles. The Morgan fingerprint density at radius 1 is 1.41 bits per heavy atom. The molecular weight excluding hydrogens is 339 g/mol. The molecule has 6 heteroatoms. The maximum absolute atomic E-state index is 12.0. The van der Waals surface area contributed by atoms with E-state index in [1.54, 1.807) is 11.8 Å². The van der Waals surface area contributed by atoms with Gasteiger partial charge in [-0.2, -0.15) is 0 Å². The van der Waals surface area contributed by atoms with Gasteiger partial charge in [0.05, 0.1) is 0 Å². The second-order valence-electron chi connectivity index (χ2n) is 5.55. The van der Waals surface area contributed by atoms with Crippen molar-refractivity contribution in [1.82, 2.24) is 10.6 Å². The lowest BCUT2D eigenvalue weighted by molar-refractivity contribution is -0.122. The molecule has 0 spiro atoms. The molecule has 1 fully saturated rings. The summed E-state index contributed by atoms with van der Waals surface area (Å²) < 4.78 is 0. The predicted molar refractivity (Wildman–Crippen MR) is 97.2 cm³/mol. The van der Waals surface area contributed by atoms with Crippen molar-refractivity contribution in [2.45, 2.75) is 37.1 Å². The number of halogens is 2. The molecule has 3 nitrogen and oxygen atoms in total. The third-order valence-electron chi connectivity index (χ3n) is 3.76. The van der Waals surface area contributed by atoms with E-state index in [0.717, 1.165) is 36.7 Å². The largest absolute Gasteiger partial charge is 0.353 e. The number of carbonyl (C=O) groups is 1. The van der Waals surface area contributed by atoms with Crippen molar-refractivity contribution in [2.75, 3.05) is 18.8 Å². The van der Waals surface area contributed by atoms with E-state index in [1.165, 1.54) is 4.90 Å². The molecule has 1 aliphatic rings. The van der Waals surface area contributed by atoms with Gasteiger partial charge in [-0.1, -0.05) is 18.5 Å². The van der Waals surface area contributed by atoms with Crippen molar-refractivity contribution in [3.63, 3.8) is 0 Å². The lowest BCUT2D eigenvalue weighted by Gasteiger charge is -2.30. The number of amides is 1. The predicted octanol–water partition coefficient (Wildman–Crippen LogP) is 3.75. The maximum atomic E-state index is 12.0. The summed E-state index contributed by atoms with van der Waals surface area (Å²) in [5.74, 6) is 1.66. The van der Waals surface area contributed by atoms with E-state index in [1.807, 2.05) is 24.3 Å². The molecule has 1 aromatic rings. The Morgan fingerprint density at radius 3 is 2.82 bits per heavy atom. The Kier molecular flexibility index (Phi) is 9.25. The van der Waals surface area contributed by atoms with Crippen LogP contribution in [-0.2, 0) is 4.79 Å². The highest BCUT2D eigenvalue weighted by Gasteiger charge is 2.22. The van der Waals surface area contributed by atoms with Gasteiger partial charge in [0.15, 0.2) is 0 Å². The van der Waals surface area contributed by atoms with Gasteiger partial charge < -0.3 is 10.6 Å². The van der Waals surface area contributed by atoms with Crippen LogP contribution in [0.3, 0.4) is 0 Å². The van der Waals surface area contributed by atoms with Crippen LogP contribution in [0.2, 0.25) is 5.02 Å². The minimum atomic E-state index is 0. The van der Waals surface area contributed by atoms with Crippen molar-refractivity contribution in [1.29, 1.82) is 0 Å². The Hall–Kier alpha value is -0.420. The molecule has 1 heterocycles. The fraction of sp³-hybridized carbons (Fsp3) is 0.562. The van der Waals surface area contributed by atoms with Crippen LogP contribution in [0.1, 0.15) is 26.2 Å². The summed E-state index contributed by atoms with van der Waals surface area (Å²) in [5.41, 5.74) is 0. The SMILES string of the molecule is CC1CNCCC1NC(=O)CCCSc1ccc(Cl)cc1.Cl. The highest BCUT2D eigenvalue weighted by atomic mass is 35.5. The standard InChI is InChI=1S/C16H23ClN2OS.ClH/c1-12-11-18-9-8-15(12)19-16(20)3-2-10-21-14-6-4-13(17)5-7-14;/h4-7,12,15,18H,2-3,8-11H2,1H3,(H,19,20);1H. The minimum absolute atomic E-state index is 0. The molecule has 2 N–H and O–H groups in total. The Bertz CT molecular complexity index is 456. The number of piperidine rings is 1. The molecule has 0 saturated carbocycles. The van der Waals surface area contributed by atoms with Crippen LogP contribution in [0.4, 0.5) is 0 Å². The molecule has 2 unspecified atom stereocenters. The summed E-state index contributed by atoms with van der Waals surface area (Å²) in [6.45, 7) is 4.19. The average Bonchev–Trinajstić information content (AvgIpc) is 2.48. The van der Waals surface area contributed by atoms with Crippen molar-refractivity contribution >= 4 is 41.7 Å². The van der Waals surface area contributed by atoms with Gasteiger partial charge in [-0.25, -0.2) is 0 Å². The first-order valence-corrected chi connectivity index (χ1v) is 8.90. The van der Waals surface area contributed by atoms with E-state index in [9.17, 15) is 4.79 Å². The van der Waals surface area contributed by atoms with Crippen LogP contribution in [-0.4, -0.2) is 30.8 Å². The molecule has 1 saturated heterocycles. The first-order valence-electron chi connectivity index (χ1n) is 7.53. The fourth-order valence-corrected chi connectivity index (χ4v) is 3.44. The fourth-order valence-electron chi connectivity index (χ4n) is 2.46. The molecule has 124 valence electrons. The molecule has 22 heavy (non-hydrogen) atoms. The normalized spacial score (nSPS) is 21.0. The quantitative estimate of drug-likeness (QED) is 0.598. The summed E-state index contributed by atoms with van der Waals surface area (Å²) in [4.78, 5) is 13.2. The minimum Gasteiger partial charge on any atom is -0.353 e. The molecule has 0 bridgehead atoms. The van der Waals surface area contributed by atoms with Crippen LogP contribution in [0, 0.1) is 5.92 Å². The number of rotatable bonds is 6. The number of benzene rings is 1. The van der Waals surface area contributed by atoms with Gasteiger partial charge >= 0.3 is 0 Å². The zero-order chi connectivity index (χ0) is 15.1. The van der Waals surface area contributed by atoms with Crippen molar-refractivity contribution in [3.8, 4) is 0 Å². The van der Waals surface area contributed by atoms with Crippen molar-refractivity contribution in [2.24, 2.45) is 5.92 Å². The van der Waals surface area contributed by atoms with Gasteiger partial charge in [-0.3, -0.25) is 4.79 Å². The van der Waals surface area contributed by atoms with Crippen LogP contribution >= 0.6 is 35.8 Å². The molecule has 0 aromatic heterocycles. The molecular formula is C16H24Cl2N2OS. The molecule has 1 aliphatic heterocycles. The lowest BCUT2D eigenvalue weighted by Crippen LogP contribution is -2.48. The molecule has 2 atom stereocenters. The van der Waals surface area contributed by atoms with Crippen LogP contribution in [0.25, 0.3) is 0 Å². The van der Waals surface area contributed by atoms with Gasteiger partial charge in [-0.05, 0) is 61.9 Å². The highest BCUT2D eigenvalue weighted by Crippen LogP contribution is 2.21. The van der Waals surface area contributed by atoms with Crippen molar-refractivity contribution < 1.29 is 4.79 Å². The van der Waals surface area contributed by atoms with Gasteiger partial charge in [-0.15, -0.1) is 24.2 Å². The van der Waals surface area contributed by atoms with Gasteiger partial charge in [0.1, 0.15) is 0 Å². The summed E-state index contributed by atoms with van der Waals surface area (Å²) >= 11 is 7.62. The number of thioether (sulfide) groups is 1. The first kappa shape index (κ1) is 19.6. The second-order valence-corrected chi connectivity index (χ2v) is 7.15. The summed E-state index contributed by atoms with van der Waals surface area (Å²) in [5, 5.41) is 7.28. The maximum Gasteiger partial charge on any atom is 0.220 e. The zero-order valence-corrected chi connectivity index (χ0v) is 15.2. The number of carbonyl (C=O) groups excluding carboxylic acids is 1. The Balaban J connectivity index is 0.00000242. The monoisotopic (exact) mass is 362 g/mol. The van der Waals surface area contributed by atoms with Crippen LogP contribution in [0.5, 0.6) is 0 Å². The topological polar surface area (TPSA) is 41.1 Å². The molecule has 0 radical (unpaired) electrons. The van der Waals surface area contributed by atoms with Crippen molar-refractivity contribution in [3.05, 3.63) is 29.3 Å². The molecule has 1 aromatic carbocycles. The molecule has 2 rings (SSSR count). The second kappa shape index (κ2) is 10.4. The average molecular weight is 363 g/mol. The number of hydrogen-bond acceptors (Lipinski definition) is 3. The Labute approximate surface area is 148 Å². The van der Waals surface area contributed by atoms with Crippen LogP contribution in [0.15, 0.2) is 29.2 Å². The Morgan fingerprint density at radius 2 is 2.14 bits per heavy atom. The summed E-state index contributed by atoms with van der Waals surface area (Å²) in [6, 6.07) is 8.17. The zero-order valence-electron chi connectivity index (χ0n) is 12.8. The summed E-state index contributed by atoms with van der Waals surface area (Å²) in [6.07, 6.45) is 2.54. The van der Waals surface area contributed by atoms with Crippen LogP contribution < -0.4 is 10.6 Å². The van der Waals surface area contributed by atoms with E-state index >= 15 is 0 Å². The van der Waals surface area contributed by atoms with Gasteiger partial charge in [0.2, 0.25) is 5.91 Å². The van der Waals surface area contributed by atoms with E-state index in [2.05, 4.69) is 17.6 Å². The van der Waals surface area contributed by atoms with E-state index in [-0.39, 0.29) is 18.3 Å².